The van der Waals surface area contributed by atoms with Gasteiger partial charge in [-0.25, -0.2) is 0 Å². The molecule has 0 saturated heterocycles. The maximum atomic E-state index is 12.2. The van der Waals surface area contributed by atoms with E-state index in [1.807, 2.05) is 41.1 Å². The topological polar surface area (TPSA) is 14.2 Å². The van der Waals surface area contributed by atoms with Crippen LogP contribution < -0.4 is 4.74 Å². The molecule has 0 unspecified atom stereocenters. The normalized spacial score (nSPS) is 11.1. The molecular weight excluding hydrogens is 248 g/mol. The predicted molar refractivity (Wildman–Crippen MR) is 68.7 cm³/mol. The van der Waals surface area contributed by atoms with Crippen molar-refractivity contribution in [2.45, 2.75) is 6.61 Å². The van der Waals surface area contributed by atoms with E-state index in [1.54, 1.807) is 12.1 Å². The second-order valence-electron chi connectivity index (χ2n) is 4.05. The van der Waals surface area contributed by atoms with Crippen LogP contribution in [0.25, 0.3) is 16.6 Å². The first-order chi connectivity index (χ1) is 9.24. The Balaban J connectivity index is 2.06. The molecule has 0 N–H and O–H groups in total. The molecule has 0 aliphatic rings. The van der Waals surface area contributed by atoms with Gasteiger partial charge < -0.3 is 9.30 Å². The molecule has 0 amide bonds. The van der Waals surface area contributed by atoms with E-state index in [1.165, 1.54) is 6.07 Å². The number of hydrogen-bond acceptors (Lipinski definition) is 1. The Morgan fingerprint density at radius 3 is 2.89 bits per heavy atom. The standard InChI is InChI=1S/C15H10F2NO/c16-15(17)19-13-6-3-5-12(10-13)18-9-8-11-4-1-2-7-14(11)18/h2-10,15H. The van der Waals surface area contributed by atoms with Crippen molar-refractivity contribution < 1.29 is 13.5 Å². The van der Waals surface area contributed by atoms with E-state index in [0.29, 0.717) is 0 Å². The summed E-state index contributed by atoms with van der Waals surface area (Å²) in [5.41, 5.74) is 1.77. The lowest BCUT2D eigenvalue weighted by Crippen LogP contribution is -2.02. The molecular formula is C15H10F2NO. The van der Waals surface area contributed by atoms with Crippen LogP contribution >= 0.6 is 0 Å². The molecule has 0 aliphatic heterocycles. The summed E-state index contributed by atoms with van der Waals surface area (Å²) in [5, 5.41) is 1.04. The van der Waals surface area contributed by atoms with Gasteiger partial charge in [0.2, 0.25) is 0 Å². The molecule has 4 heteroatoms. The van der Waals surface area contributed by atoms with E-state index < -0.39 is 6.61 Å². The summed E-state index contributed by atoms with van der Waals surface area (Å²) in [7, 11) is 0. The molecule has 95 valence electrons. The van der Waals surface area contributed by atoms with E-state index in [4.69, 9.17) is 0 Å². The lowest BCUT2D eigenvalue weighted by molar-refractivity contribution is -0.0498. The first kappa shape index (κ1) is 11.7. The number of alkyl halides is 2. The largest absolute Gasteiger partial charge is 0.435 e. The van der Waals surface area contributed by atoms with Gasteiger partial charge >= 0.3 is 6.61 Å². The van der Waals surface area contributed by atoms with Crippen molar-refractivity contribution in [2.24, 2.45) is 0 Å². The second-order valence-corrected chi connectivity index (χ2v) is 4.05. The first-order valence-corrected chi connectivity index (χ1v) is 5.76. The summed E-state index contributed by atoms with van der Waals surface area (Å²) < 4.78 is 30.8. The minimum Gasteiger partial charge on any atom is -0.435 e. The van der Waals surface area contributed by atoms with Crippen LogP contribution in [0.2, 0.25) is 0 Å². The maximum absolute atomic E-state index is 12.2. The zero-order chi connectivity index (χ0) is 13.2. The van der Waals surface area contributed by atoms with Crippen molar-refractivity contribution >= 4 is 10.9 Å². The summed E-state index contributed by atoms with van der Waals surface area (Å²) in [5.74, 6) is 0.150. The molecule has 0 bridgehead atoms. The van der Waals surface area contributed by atoms with E-state index in [0.717, 1.165) is 16.6 Å². The quantitative estimate of drug-likeness (QED) is 0.691. The Morgan fingerprint density at radius 1 is 1.16 bits per heavy atom. The highest BCUT2D eigenvalue weighted by Crippen LogP contribution is 2.23. The van der Waals surface area contributed by atoms with Crippen molar-refractivity contribution in [1.82, 2.24) is 4.57 Å². The van der Waals surface area contributed by atoms with Crippen LogP contribution in [0.5, 0.6) is 5.75 Å². The Hall–Kier alpha value is -2.36. The van der Waals surface area contributed by atoms with Crippen LogP contribution in [0.4, 0.5) is 8.78 Å². The highest BCUT2D eigenvalue weighted by Gasteiger charge is 2.07. The lowest BCUT2D eigenvalue weighted by atomic mass is 10.2. The fraction of sp³-hybridized carbons (Fsp3) is 0.0667. The zero-order valence-corrected chi connectivity index (χ0v) is 9.88. The van der Waals surface area contributed by atoms with Gasteiger partial charge in [-0.1, -0.05) is 12.1 Å². The Morgan fingerprint density at radius 2 is 2.05 bits per heavy atom. The van der Waals surface area contributed by atoms with Crippen molar-refractivity contribution in [3.05, 3.63) is 60.8 Å². The third-order valence-electron chi connectivity index (χ3n) is 2.86. The molecule has 19 heavy (non-hydrogen) atoms. The lowest BCUT2D eigenvalue weighted by Gasteiger charge is -2.09. The van der Waals surface area contributed by atoms with Crippen molar-refractivity contribution in [3.63, 3.8) is 0 Å². The van der Waals surface area contributed by atoms with Crippen LogP contribution in [0, 0.1) is 6.07 Å². The molecule has 1 heterocycles. The van der Waals surface area contributed by atoms with Crippen LogP contribution in [0.3, 0.4) is 0 Å². The van der Waals surface area contributed by atoms with Gasteiger partial charge in [-0.2, -0.15) is 8.78 Å². The molecule has 1 aromatic heterocycles. The van der Waals surface area contributed by atoms with E-state index >= 15 is 0 Å². The molecule has 3 rings (SSSR count). The molecule has 3 aromatic rings. The minimum absolute atomic E-state index is 0.150. The van der Waals surface area contributed by atoms with E-state index in [-0.39, 0.29) is 5.75 Å². The Kier molecular flexibility index (Phi) is 2.91. The summed E-state index contributed by atoms with van der Waals surface area (Å²) in [6.07, 6.45) is 1.89. The molecule has 0 spiro atoms. The fourth-order valence-electron chi connectivity index (χ4n) is 2.06. The van der Waals surface area contributed by atoms with Gasteiger partial charge in [-0.15, -0.1) is 0 Å². The fourth-order valence-corrected chi connectivity index (χ4v) is 2.06. The molecule has 1 radical (unpaired) electrons. The zero-order valence-electron chi connectivity index (χ0n) is 9.88. The molecule has 0 fully saturated rings. The third kappa shape index (κ3) is 2.29. The molecule has 0 aliphatic carbocycles. The van der Waals surface area contributed by atoms with Gasteiger partial charge in [0.05, 0.1) is 5.52 Å². The van der Waals surface area contributed by atoms with Gasteiger partial charge in [0.25, 0.3) is 0 Å². The van der Waals surface area contributed by atoms with E-state index in [2.05, 4.69) is 10.8 Å². The molecule has 2 aromatic carbocycles. The van der Waals surface area contributed by atoms with Gasteiger partial charge in [0.1, 0.15) is 5.75 Å². The van der Waals surface area contributed by atoms with Gasteiger partial charge in [0, 0.05) is 23.3 Å². The Labute approximate surface area is 108 Å². The summed E-state index contributed by atoms with van der Waals surface area (Å²) in [6, 6.07) is 17.2. The number of rotatable bonds is 3. The monoisotopic (exact) mass is 258 g/mol. The number of halogens is 2. The summed E-state index contributed by atoms with van der Waals surface area (Å²) >= 11 is 0. The van der Waals surface area contributed by atoms with Crippen LogP contribution in [0.15, 0.2) is 54.7 Å². The number of benzene rings is 2. The average molecular weight is 258 g/mol. The average Bonchev–Trinajstić information content (AvgIpc) is 2.82. The minimum atomic E-state index is -2.81. The summed E-state index contributed by atoms with van der Waals surface area (Å²) in [6.45, 7) is -2.81. The Bertz CT molecular complexity index is 706. The van der Waals surface area contributed by atoms with Gasteiger partial charge in [0.15, 0.2) is 0 Å². The number of fused-ring (bicyclic) bond motifs is 1. The third-order valence-corrected chi connectivity index (χ3v) is 2.86. The van der Waals surface area contributed by atoms with Gasteiger partial charge in [-0.3, -0.25) is 0 Å². The van der Waals surface area contributed by atoms with Crippen molar-refractivity contribution in [3.8, 4) is 11.4 Å². The van der Waals surface area contributed by atoms with Gasteiger partial charge in [-0.05, 0) is 36.4 Å². The molecule has 0 saturated carbocycles. The number of aromatic nitrogens is 1. The predicted octanol–water partition coefficient (Wildman–Crippen LogP) is 4.03. The smallest absolute Gasteiger partial charge is 0.387 e. The molecule has 2 nitrogen and oxygen atoms in total. The van der Waals surface area contributed by atoms with Crippen molar-refractivity contribution in [2.75, 3.05) is 0 Å². The van der Waals surface area contributed by atoms with Crippen LogP contribution in [-0.2, 0) is 0 Å². The second kappa shape index (κ2) is 4.72. The maximum Gasteiger partial charge on any atom is 0.387 e. The number of nitrogens with zero attached hydrogens (tertiary/aromatic N) is 1. The van der Waals surface area contributed by atoms with Crippen molar-refractivity contribution in [1.29, 1.82) is 0 Å². The number of ether oxygens (including phenoxy) is 1. The highest BCUT2D eigenvalue weighted by atomic mass is 19.3. The molecule has 0 atom stereocenters. The number of hydrogen-bond donors (Lipinski definition) is 0. The SMILES string of the molecule is FC(F)Oc1cccc(-n2ccc3c[c]ccc32)c1. The first-order valence-electron chi connectivity index (χ1n) is 5.76. The van der Waals surface area contributed by atoms with Crippen LogP contribution in [-0.4, -0.2) is 11.2 Å². The summed E-state index contributed by atoms with van der Waals surface area (Å²) in [4.78, 5) is 0. The van der Waals surface area contributed by atoms with Crippen LogP contribution in [0.1, 0.15) is 0 Å². The van der Waals surface area contributed by atoms with E-state index in [9.17, 15) is 8.78 Å². The highest BCUT2D eigenvalue weighted by molar-refractivity contribution is 5.81.